The molecule has 1 N–H and O–H groups in total. The highest BCUT2D eigenvalue weighted by atomic mass is 19.4. The second kappa shape index (κ2) is 10.4. The molecule has 2 aromatic carbocycles. The second-order valence-corrected chi connectivity index (χ2v) is 7.68. The Morgan fingerprint density at radius 3 is 2.61 bits per heavy atom. The molecule has 0 saturated carbocycles. The standard InChI is InChI=1S/C26H21F3N4O3/c1-3-23-30-13-11-21(33-23)20-8-5-12-31-25(20)35-22-15-18(10-9-16(22)2)32-24(34)17-6-4-7-19(14-17)36-26(27,28)29/h4-15H,3H2,1-2H3,(H,32,34). The van der Waals surface area contributed by atoms with E-state index in [1.54, 1.807) is 42.7 Å². The Bertz CT molecular complexity index is 1390. The molecular formula is C26H21F3N4O3. The highest BCUT2D eigenvalue weighted by Gasteiger charge is 2.31. The number of aryl methyl sites for hydroxylation is 2. The normalized spacial score (nSPS) is 11.1. The number of amides is 1. The first kappa shape index (κ1) is 24.6. The van der Waals surface area contributed by atoms with Gasteiger partial charge in [0.1, 0.15) is 17.3 Å². The molecule has 0 fully saturated rings. The number of benzene rings is 2. The van der Waals surface area contributed by atoms with E-state index < -0.39 is 18.0 Å². The Hall–Kier alpha value is -4.47. The molecule has 4 aromatic rings. The summed E-state index contributed by atoms with van der Waals surface area (Å²) in [4.78, 5) is 25.8. The fourth-order valence-corrected chi connectivity index (χ4v) is 3.32. The zero-order valence-corrected chi connectivity index (χ0v) is 19.3. The average Bonchev–Trinajstić information content (AvgIpc) is 2.85. The topological polar surface area (TPSA) is 86.2 Å². The lowest BCUT2D eigenvalue weighted by Crippen LogP contribution is -2.18. The number of hydrogen-bond donors (Lipinski definition) is 1. The number of ether oxygens (including phenoxy) is 2. The Labute approximate surface area is 205 Å². The zero-order valence-electron chi connectivity index (χ0n) is 19.3. The zero-order chi connectivity index (χ0) is 25.7. The molecule has 2 heterocycles. The number of halogens is 3. The molecule has 1 amide bonds. The van der Waals surface area contributed by atoms with Gasteiger partial charge in [-0.3, -0.25) is 4.79 Å². The predicted octanol–water partition coefficient (Wildman–Crippen LogP) is 6.35. The van der Waals surface area contributed by atoms with E-state index in [1.807, 2.05) is 19.9 Å². The molecule has 0 radical (unpaired) electrons. The largest absolute Gasteiger partial charge is 0.573 e. The predicted molar refractivity (Wildman–Crippen MR) is 127 cm³/mol. The Balaban J connectivity index is 1.56. The summed E-state index contributed by atoms with van der Waals surface area (Å²) < 4.78 is 47.5. The van der Waals surface area contributed by atoms with E-state index in [2.05, 4.69) is 25.0 Å². The number of carbonyl (C=O) groups excluding carboxylic acids is 1. The van der Waals surface area contributed by atoms with Gasteiger partial charge >= 0.3 is 6.36 Å². The first-order chi connectivity index (χ1) is 17.2. The van der Waals surface area contributed by atoms with Crippen LogP contribution < -0.4 is 14.8 Å². The molecule has 0 aliphatic carbocycles. The SMILES string of the molecule is CCc1nccc(-c2cccnc2Oc2cc(NC(=O)c3cccc(OC(F)(F)F)c3)ccc2C)n1. The van der Waals surface area contributed by atoms with Crippen LogP contribution in [0.5, 0.6) is 17.4 Å². The number of rotatable bonds is 7. The van der Waals surface area contributed by atoms with Gasteiger partial charge in [-0.25, -0.2) is 15.0 Å². The van der Waals surface area contributed by atoms with Gasteiger partial charge in [0.25, 0.3) is 5.91 Å². The van der Waals surface area contributed by atoms with E-state index in [1.165, 1.54) is 12.1 Å². The summed E-state index contributed by atoms with van der Waals surface area (Å²) in [5.74, 6) is 0.354. The van der Waals surface area contributed by atoms with Crippen LogP contribution in [0, 0.1) is 6.92 Å². The smallest absolute Gasteiger partial charge is 0.438 e. The maximum Gasteiger partial charge on any atom is 0.573 e. The number of pyridine rings is 1. The van der Waals surface area contributed by atoms with Crippen LogP contribution in [0.1, 0.15) is 28.7 Å². The van der Waals surface area contributed by atoms with Crippen molar-refractivity contribution in [1.29, 1.82) is 0 Å². The van der Waals surface area contributed by atoms with E-state index in [9.17, 15) is 18.0 Å². The van der Waals surface area contributed by atoms with Crippen LogP contribution in [0.4, 0.5) is 18.9 Å². The van der Waals surface area contributed by atoms with Crippen molar-refractivity contribution in [1.82, 2.24) is 15.0 Å². The van der Waals surface area contributed by atoms with Crippen molar-refractivity contribution in [3.8, 4) is 28.6 Å². The monoisotopic (exact) mass is 494 g/mol. The molecule has 0 aliphatic rings. The second-order valence-electron chi connectivity index (χ2n) is 7.68. The maximum atomic E-state index is 12.7. The molecule has 4 rings (SSSR count). The number of hydrogen-bond acceptors (Lipinski definition) is 6. The summed E-state index contributed by atoms with van der Waals surface area (Å²) in [7, 11) is 0. The van der Waals surface area contributed by atoms with Crippen LogP contribution >= 0.6 is 0 Å². The minimum Gasteiger partial charge on any atom is -0.438 e. The molecule has 0 atom stereocenters. The van der Waals surface area contributed by atoms with Crippen molar-refractivity contribution in [2.45, 2.75) is 26.6 Å². The van der Waals surface area contributed by atoms with E-state index in [0.29, 0.717) is 40.8 Å². The van der Waals surface area contributed by atoms with Gasteiger partial charge in [-0.2, -0.15) is 0 Å². The summed E-state index contributed by atoms with van der Waals surface area (Å²) >= 11 is 0. The van der Waals surface area contributed by atoms with Gasteiger partial charge in [-0.15, -0.1) is 13.2 Å². The third kappa shape index (κ3) is 6.15. The third-order valence-corrected chi connectivity index (χ3v) is 5.05. The van der Waals surface area contributed by atoms with Crippen molar-refractivity contribution in [2.75, 3.05) is 5.32 Å². The fourth-order valence-electron chi connectivity index (χ4n) is 3.32. The summed E-state index contributed by atoms with van der Waals surface area (Å²) in [5, 5.41) is 2.67. The van der Waals surface area contributed by atoms with Crippen molar-refractivity contribution < 1.29 is 27.4 Å². The molecule has 0 spiro atoms. The highest BCUT2D eigenvalue weighted by molar-refractivity contribution is 6.04. The molecule has 2 aromatic heterocycles. The number of aromatic nitrogens is 3. The lowest BCUT2D eigenvalue weighted by Gasteiger charge is -2.14. The molecule has 36 heavy (non-hydrogen) atoms. The lowest BCUT2D eigenvalue weighted by atomic mass is 10.1. The van der Waals surface area contributed by atoms with Gasteiger partial charge in [0.05, 0.1) is 11.3 Å². The van der Waals surface area contributed by atoms with Crippen molar-refractivity contribution in [3.05, 3.63) is 90.0 Å². The quantitative estimate of drug-likeness (QED) is 0.322. The molecular weight excluding hydrogens is 473 g/mol. The van der Waals surface area contributed by atoms with Gasteiger partial charge in [0.15, 0.2) is 0 Å². The van der Waals surface area contributed by atoms with E-state index in [4.69, 9.17) is 4.74 Å². The van der Waals surface area contributed by atoms with Crippen molar-refractivity contribution >= 4 is 11.6 Å². The first-order valence-corrected chi connectivity index (χ1v) is 10.9. The van der Waals surface area contributed by atoms with Gasteiger partial charge in [0.2, 0.25) is 5.88 Å². The summed E-state index contributed by atoms with van der Waals surface area (Å²) in [6.45, 7) is 3.80. The molecule has 184 valence electrons. The van der Waals surface area contributed by atoms with Crippen molar-refractivity contribution in [2.24, 2.45) is 0 Å². The van der Waals surface area contributed by atoms with Gasteiger partial charge < -0.3 is 14.8 Å². The van der Waals surface area contributed by atoms with Crippen LogP contribution in [0.25, 0.3) is 11.3 Å². The number of nitrogens with one attached hydrogen (secondary N) is 1. The molecule has 10 heteroatoms. The van der Waals surface area contributed by atoms with Crippen molar-refractivity contribution in [3.63, 3.8) is 0 Å². The van der Waals surface area contributed by atoms with Crippen LogP contribution in [0.3, 0.4) is 0 Å². The van der Waals surface area contributed by atoms with Crippen LogP contribution in [-0.2, 0) is 6.42 Å². The average molecular weight is 494 g/mol. The van der Waals surface area contributed by atoms with Gasteiger partial charge in [0, 0.05) is 36.1 Å². The van der Waals surface area contributed by atoms with Crippen LogP contribution in [-0.4, -0.2) is 27.2 Å². The third-order valence-electron chi connectivity index (χ3n) is 5.05. The van der Waals surface area contributed by atoms with Gasteiger partial charge in [-0.1, -0.05) is 19.1 Å². The molecule has 0 aliphatic heterocycles. The molecule has 0 unspecified atom stereocenters. The van der Waals surface area contributed by atoms with E-state index >= 15 is 0 Å². The Morgan fingerprint density at radius 2 is 1.83 bits per heavy atom. The molecule has 0 saturated heterocycles. The van der Waals surface area contributed by atoms with E-state index in [-0.39, 0.29) is 5.56 Å². The fraction of sp³-hybridized carbons (Fsp3) is 0.154. The number of nitrogens with zero attached hydrogens (tertiary/aromatic N) is 3. The van der Waals surface area contributed by atoms with Crippen LogP contribution in [0.2, 0.25) is 0 Å². The highest BCUT2D eigenvalue weighted by Crippen LogP contribution is 2.33. The number of alkyl halides is 3. The Kier molecular flexibility index (Phi) is 7.14. The number of carbonyl (C=O) groups is 1. The molecule has 7 nitrogen and oxygen atoms in total. The molecule has 0 bridgehead atoms. The van der Waals surface area contributed by atoms with Gasteiger partial charge in [-0.05, 0) is 55.0 Å². The minimum absolute atomic E-state index is 0.00213. The summed E-state index contributed by atoms with van der Waals surface area (Å²) in [5.41, 5.74) is 2.50. The Morgan fingerprint density at radius 1 is 1.00 bits per heavy atom. The number of anilines is 1. The van der Waals surface area contributed by atoms with Crippen LogP contribution in [0.15, 0.2) is 73.1 Å². The minimum atomic E-state index is -4.85. The van der Waals surface area contributed by atoms with E-state index in [0.717, 1.165) is 17.7 Å². The summed E-state index contributed by atoms with van der Waals surface area (Å²) in [6.07, 6.45) is -0.908. The maximum absolute atomic E-state index is 12.7. The first-order valence-electron chi connectivity index (χ1n) is 10.9. The lowest BCUT2D eigenvalue weighted by molar-refractivity contribution is -0.274. The summed E-state index contributed by atoms with van der Waals surface area (Å²) in [6, 6.07) is 15.2.